The molecule has 0 atom stereocenters. The minimum absolute atomic E-state index is 0.206. The molecule has 1 aliphatic heterocycles. The van der Waals surface area contributed by atoms with Crippen LogP contribution in [0.15, 0.2) is 28.8 Å². The fraction of sp³-hybridized carbons (Fsp3) is 0.333. The van der Waals surface area contributed by atoms with E-state index in [1.807, 2.05) is 6.07 Å². The van der Waals surface area contributed by atoms with Crippen molar-refractivity contribution in [2.24, 2.45) is 5.92 Å². The van der Waals surface area contributed by atoms with Gasteiger partial charge in [-0.1, -0.05) is 17.3 Å². The fourth-order valence-corrected chi connectivity index (χ4v) is 1.84. The highest BCUT2D eigenvalue weighted by Crippen LogP contribution is 2.21. The van der Waals surface area contributed by atoms with Crippen molar-refractivity contribution in [3.63, 3.8) is 0 Å². The van der Waals surface area contributed by atoms with E-state index in [0.29, 0.717) is 17.6 Å². The lowest BCUT2D eigenvalue weighted by Gasteiger charge is -2.25. The van der Waals surface area contributed by atoms with E-state index in [9.17, 15) is 5.11 Å². The monoisotopic (exact) mass is 231 g/mol. The number of hydrogen-bond acceptors (Lipinski definition) is 5. The van der Waals surface area contributed by atoms with Gasteiger partial charge >= 0.3 is 0 Å². The lowest BCUT2D eigenvalue weighted by atomic mass is 10.00. The second kappa shape index (κ2) is 4.18. The van der Waals surface area contributed by atoms with E-state index in [1.165, 1.54) is 0 Å². The van der Waals surface area contributed by atoms with E-state index in [0.717, 1.165) is 25.1 Å². The molecule has 0 bridgehead atoms. The maximum absolute atomic E-state index is 9.38. The molecule has 88 valence electrons. The zero-order valence-electron chi connectivity index (χ0n) is 9.26. The minimum Gasteiger partial charge on any atom is -0.508 e. The Bertz CT molecular complexity index is 520. The van der Waals surface area contributed by atoms with Crippen LogP contribution in [0, 0.1) is 5.92 Å². The highest BCUT2D eigenvalue weighted by atomic mass is 16.5. The predicted octanol–water partition coefficient (Wildman–Crippen LogP) is 1.20. The van der Waals surface area contributed by atoms with Crippen LogP contribution in [0.5, 0.6) is 5.75 Å². The van der Waals surface area contributed by atoms with Crippen molar-refractivity contribution in [1.29, 1.82) is 0 Å². The van der Waals surface area contributed by atoms with E-state index >= 15 is 0 Å². The Balaban J connectivity index is 1.79. The summed E-state index contributed by atoms with van der Waals surface area (Å²) < 4.78 is 5.19. The van der Waals surface area contributed by atoms with Gasteiger partial charge in [-0.25, -0.2) is 0 Å². The van der Waals surface area contributed by atoms with Crippen LogP contribution in [0.2, 0.25) is 0 Å². The summed E-state index contributed by atoms with van der Waals surface area (Å²) in [5, 5.41) is 16.5. The van der Waals surface area contributed by atoms with Crippen LogP contribution in [0.1, 0.15) is 5.89 Å². The summed E-state index contributed by atoms with van der Waals surface area (Å²) in [6.07, 6.45) is 0.818. The van der Waals surface area contributed by atoms with Gasteiger partial charge in [0.15, 0.2) is 0 Å². The molecule has 17 heavy (non-hydrogen) atoms. The molecule has 1 aromatic heterocycles. The van der Waals surface area contributed by atoms with Crippen molar-refractivity contribution in [2.75, 3.05) is 13.1 Å². The Hall–Kier alpha value is -1.88. The zero-order valence-corrected chi connectivity index (χ0v) is 9.26. The first-order valence-electron chi connectivity index (χ1n) is 5.64. The number of phenols is 1. The summed E-state index contributed by atoms with van der Waals surface area (Å²) in [5.41, 5.74) is 0.770. The SMILES string of the molecule is Oc1cccc(-c2noc(CC3CNC3)n2)c1. The molecule has 0 saturated carbocycles. The van der Waals surface area contributed by atoms with Crippen LogP contribution < -0.4 is 5.32 Å². The van der Waals surface area contributed by atoms with Crippen LogP contribution in [0.4, 0.5) is 0 Å². The highest BCUT2D eigenvalue weighted by Gasteiger charge is 2.20. The molecule has 5 heteroatoms. The second-order valence-electron chi connectivity index (χ2n) is 4.29. The number of nitrogens with zero attached hydrogens (tertiary/aromatic N) is 2. The molecule has 2 heterocycles. The van der Waals surface area contributed by atoms with Gasteiger partial charge in [-0.3, -0.25) is 0 Å². The molecule has 0 radical (unpaired) electrons. The molecule has 0 aliphatic carbocycles. The van der Waals surface area contributed by atoms with Crippen LogP contribution in [0.3, 0.4) is 0 Å². The average Bonchev–Trinajstić information content (AvgIpc) is 2.72. The van der Waals surface area contributed by atoms with Gasteiger partial charge in [-0.2, -0.15) is 4.98 Å². The van der Waals surface area contributed by atoms with Crippen LogP contribution in [-0.4, -0.2) is 28.3 Å². The first kappa shape index (κ1) is 10.3. The molecule has 2 aromatic rings. The third-order valence-corrected chi connectivity index (χ3v) is 2.90. The summed E-state index contributed by atoms with van der Waals surface area (Å²) in [4.78, 5) is 4.33. The molecule has 2 N–H and O–H groups in total. The molecule has 1 saturated heterocycles. The molecule has 0 amide bonds. The van der Waals surface area contributed by atoms with Gasteiger partial charge < -0.3 is 14.9 Å². The van der Waals surface area contributed by atoms with Crippen LogP contribution >= 0.6 is 0 Å². The predicted molar refractivity (Wildman–Crippen MR) is 61.5 cm³/mol. The molecular formula is C12H13N3O2. The van der Waals surface area contributed by atoms with Crippen molar-refractivity contribution in [1.82, 2.24) is 15.5 Å². The molecular weight excluding hydrogens is 218 g/mol. The van der Waals surface area contributed by atoms with E-state index in [-0.39, 0.29) is 5.75 Å². The summed E-state index contributed by atoms with van der Waals surface area (Å²) in [5.74, 6) is 2.00. The number of nitrogens with one attached hydrogen (secondary N) is 1. The summed E-state index contributed by atoms with van der Waals surface area (Å²) in [7, 11) is 0. The topological polar surface area (TPSA) is 71.2 Å². The van der Waals surface area contributed by atoms with Crippen molar-refractivity contribution in [2.45, 2.75) is 6.42 Å². The number of benzene rings is 1. The number of phenolic OH excluding ortho intramolecular Hbond substituents is 1. The number of rotatable bonds is 3. The van der Waals surface area contributed by atoms with E-state index in [2.05, 4.69) is 15.5 Å². The third kappa shape index (κ3) is 2.14. The number of hydrogen-bond donors (Lipinski definition) is 2. The number of aromatic hydroxyl groups is 1. The maximum atomic E-state index is 9.38. The van der Waals surface area contributed by atoms with Crippen LogP contribution in [-0.2, 0) is 6.42 Å². The molecule has 0 unspecified atom stereocenters. The maximum Gasteiger partial charge on any atom is 0.227 e. The Labute approximate surface area is 98.5 Å². The Morgan fingerprint density at radius 3 is 3.00 bits per heavy atom. The van der Waals surface area contributed by atoms with Gasteiger partial charge in [-0.15, -0.1) is 0 Å². The first-order valence-corrected chi connectivity index (χ1v) is 5.64. The van der Waals surface area contributed by atoms with Crippen molar-refractivity contribution in [3.05, 3.63) is 30.2 Å². The van der Waals surface area contributed by atoms with Gasteiger partial charge in [-0.05, 0) is 31.1 Å². The number of aromatic nitrogens is 2. The summed E-state index contributed by atoms with van der Waals surface area (Å²) >= 11 is 0. The lowest BCUT2D eigenvalue weighted by molar-refractivity contribution is 0.296. The van der Waals surface area contributed by atoms with Gasteiger partial charge in [0.05, 0.1) is 0 Å². The van der Waals surface area contributed by atoms with Crippen LogP contribution in [0.25, 0.3) is 11.4 Å². The largest absolute Gasteiger partial charge is 0.508 e. The minimum atomic E-state index is 0.206. The van der Waals surface area contributed by atoms with Gasteiger partial charge in [0.1, 0.15) is 5.75 Å². The molecule has 5 nitrogen and oxygen atoms in total. The van der Waals surface area contributed by atoms with E-state index < -0.39 is 0 Å². The highest BCUT2D eigenvalue weighted by molar-refractivity contribution is 5.56. The Morgan fingerprint density at radius 2 is 2.29 bits per heavy atom. The smallest absolute Gasteiger partial charge is 0.227 e. The van der Waals surface area contributed by atoms with Crippen molar-refractivity contribution in [3.8, 4) is 17.1 Å². The molecule has 3 rings (SSSR count). The quantitative estimate of drug-likeness (QED) is 0.830. The first-order chi connectivity index (χ1) is 8.31. The molecule has 0 spiro atoms. The average molecular weight is 231 g/mol. The second-order valence-corrected chi connectivity index (χ2v) is 4.29. The molecule has 1 fully saturated rings. The lowest BCUT2D eigenvalue weighted by Crippen LogP contribution is -2.43. The normalized spacial score (nSPS) is 15.8. The Kier molecular flexibility index (Phi) is 2.53. The fourth-order valence-electron chi connectivity index (χ4n) is 1.84. The molecule has 1 aliphatic rings. The van der Waals surface area contributed by atoms with E-state index in [4.69, 9.17) is 4.52 Å². The van der Waals surface area contributed by atoms with E-state index in [1.54, 1.807) is 18.2 Å². The Morgan fingerprint density at radius 1 is 1.41 bits per heavy atom. The summed E-state index contributed by atoms with van der Waals surface area (Å²) in [6.45, 7) is 2.04. The zero-order chi connectivity index (χ0) is 11.7. The summed E-state index contributed by atoms with van der Waals surface area (Å²) in [6, 6.07) is 6.85. The van der Waals surface area contributed by atoms with Crippen molar-refractivity contribution < 1.29 is 9.63 Å². The van der Waals surface area contributed by atoms with Gasteiger partial charge in [0.25, 0.3) is 0 Å². The molecule has 1 aromatic carbocycles. The van der Waals surface area contributed by atoms with Gasteiger partial charge in [0.2, 0.25) is 11.7 Å². The standard InChI is InChI=1S/C12H13N3O2/c16-10-3-1-2-9(5-10)12-14-11(17-15-12)4-8-6-13-7-8/h1-3,5,8,13,16H,4,6-7H2. The third-order valence-electron chi connectivity index (χ3n) is 2.90. The van der Waals surface area contributed by atoms with Crippen molar-refractivity contribution >= 4 is 0 Å². The van der Waals surface area contributed by atoms with Gasteiger partial charge in [0, 0.05) is 12.0 Å².